The second kappa shape index (κ2) is 6.22. The first-order valence-electron chi connectivity index (χ1n) is 8.29. The molecule has 5 heteroatoms. The van der Waals surface area contributed by atoms with Crippen molar-refractivity contribution >= 4 is 0 Å². The third-order valence-corrected chi connectivity index (χ3v) is 4.79. The first kappa shape index (κ1) is 17.3. The molecule has 5 nitrogen and oxygen atoms in total. The van der Waals surface area contributed by atoms with Crippen molar-refractivity contribution in [2.75, 3.05) is 6.54 Å². The minimum atomic E-state index is -1.43. The van der Waals surface area contributed by atoms with Crippen LogP contribution < -0.4 is 22.1 Å². The van der Waals surface area contributed by atoms with Gasteiger partial charge in [-0.05, 0) is 49.1 Å². The number of aliphatic hydroxyl groups is 1. The molecule has 7 N–H and O–H groups in total. The Morgan fingerprint density at radius 3 is 2.45 bits per heavy atom. The molecule has 0 aromatic heterocycles. The second-order valence-electron chi connectivity index (χ2n) is 7.88. The molecule has 1 saturated heterocycles. The van der Waals surface area contributed by atoms with Crippen LogP contribution in [0.4, 0.5) is 0 Å². The zero-order chi connectivity index (χ0) is 16.5. The maximum absolute atomic E-state index is 10.8. The number of hydrogen-bond acceptors (Lipinski definition) is 5. The van der Waals surface area contributed by atoms with Gasteiger partial charge in [0.25, 0.3) is 0 Å². The molecule has 2 aliphatic rings. The van der Waals surface area contributed by atoms with Crippen LogP contribution in [0.3, 0.4) is 0 Å². The fourth-order valence-electron chi connectivity index (χ4n) is 3.10. The van der Waals surface area contributed by atoms with Gasteiger partial charge >= 0.3 is 0 Å². The van der Waals surface area contributed by atoms with Crippen molar-refractivity contribution in [3.63, 3.8) is 0 Å². The predicted molar refractivity (Wildman–Crippen MR) is 90.7 cm³/mol. The van der Waals surface area contributed by atoms with E-state index >= 15 is 0 Å². The van der Waals surface area contributed by atoms with Crippen LogP contribution in [-0.2, 0) is 0 Å². The maximum atomic E-state index is 10.8. The third-order valence-electron chi connectivity index (χ3n) is 4.79. The highest BCUT2D eigenvalue weighted by Crippen LogP contribution is 2.35. The van der Waals surface area contributed by atoms with Crippen LogP contribution in [0.2, 0.25) is 0 Å². The van der Waals surface area contributed by atoms with E-state index in [9.17, 15) is 5.11 Å². The maximum Gasteiger partial charge on any atom is 0.152 e. The molecule has 126 valence electrons. The minimum absolute atomic E-state index is 0.136. The highest BCUT2D eigenvalue weighted by atomic mass is 16.3. The van der Waals surface area contributed by atoms with Gasteiger partial charge in [0.05, 0.1) is 12.1 Å². The van der Waals surface area contributed by atoms with E-state index < -0.39 is 5.72 Å². The van der Waals surface area contributed by atoms with E-state index in [1.165, 1.54) is 0 Å². The summed E-state index contributed by atoms with van der Waals surface area (Å²) in [6.45, 7) is 11.3. The third kappa shape index (κ3) is 3.83. The largest absolute Gasteiger partial charge is 0.401 e. The van der Waals surface area contributed by atoms with Gasteiger partial charge in [-0.15, -0.1) is 0 Å². The highest BCUT2D eigenvalue weighted by Gasteiger charge is 2.43. The standard InChI is InChI=1S/C17H32N4O/c1-11(17(19,22)14-6-5-9-20-14)15(16(2,3)4)21-10-13(18)12-7-8-12/h10,12,14-15,20-22H,1,5-9,18-19H2,2-4H3/b13-10-. The van der Waals surface area contributed by atoms with Gasteiger partial charge in [0, 0.05) is 11.9 Å². The van der Waals surface area contributed by atoms with Crippen molar-refractivity contribution in [2.24, 2.45) is 22.8 Å². The van der Waals surface area contributed by atoms with E-state index in [-0.39, 0.29) is 17.5 Å². The summed E-state index contributed by atoms with van der Waals surface area (Å²) in [4.78, 5) is 0. The molecule has 2 fully saturated rings. The average Bonchev–Trinajstić information content (AvgIpc) is 3.11. The quantitative estimate of drug-likeness (QED) is 0.375. The monoisotopic (exact) mass is 308 g/mol. The molecule has 1 aliphatic heterocycles. The molecule has 0 bridgehead atoms. The smallest absolute Gasteiger partial charge is 0.152 e. The molecule has 2 rings (SSSR count). The summed E-state index contributed by atoms with van der Waals surface area (Å²) in [5.74, 6) is 0.509. The fourth-order valence-corrected chi connectivity index (χ4v) is 3.10. The number of rotatable bonds is 6. The average molecular weight is 308 g/mol. The van der Waals surface area contributed by atoms with E-state index in [4.69, 9.17) is 11.5 Å². The Morgan fingerprint density at radius 2 is 2.00 bits per heavy atom. The van der Waals surface area contributed by atoms with Crippen LogP contribution in [0.25, 0.3) is 0 Å². The van der Waals surface area contributed by atoms with Crippen molar-refractivity contribution in [1.82, 2.24) is 10.6 Å². The van der Waals surface area contributed by atoms with E-state index in [0.29, 0.717) is 11.5 Å². The summed E-state index contributed by atoms with van der Waals surface area (Å²) in [5.41, 5.74) is 12.2. The van der Waals surface area contributed by atoms with Crippen LogP contribution in [0.5, 0.6) is 0 Å². The molecule has 0 aromatic rings. The Kier molecular flexibility index (Phi) is 4.90. The normalized spacial score (nSPS) is 27.3. The summed E-state index contributed by atoms with van der Waals surface area (Å²) in [5, 5.41) is 17.5. The highest BCUT2D eigenvalue weighted by molar-refractivity contribution is 5.25. The van der Waals surface area contributed by atoms with Crippen molar-refractivity contribution in [2.45, 2.75) is 64.3 Å². The van der Waals surface area contributed by atoms with E-state index in [1.54, 1.807) is 0 Å². The van der Waals surface area contributed by atoms with Gasteiger partial charge in [-0.3, -0.25) is 5.73 Å². The number of nitrogens with two attached hydrogens (primary N) is 2. The molecule has 1 aliphatic carbocycles. The summed E-state index contributed by atoms with van der Waals surface area (Å²) < 4.78 is 0. The summed E-state index contributed by atoms with van der Waals surface area (Å²) in [6, 6.07) is -0.293. The summed E-state index contributed by atoms with van der Waals surface area (Å²) in [6.07, 6.45) is 6.09. The molecular formula is C17H32N4O. The molecule has 1 heterocycles. The van der Waals surface area contributed by atoms with Crippen LogP contribution in [-0.4, -0.2) is 29.5 Å². The van der Waals surface area contributed by atoms with Crippen molar-refractivity contribution in [3.8, 4) is 0 Å². The Labute approximate surface area is 134 Å². The minimum Gasteiger partial charge on any atom is -0.401 e. The first-order valence-corrected chi connectivity index (χ1v) is 8.29. The zero-order valence-corrected chi connectivity index (χ0v) is 14.2. The molecule has 0 amide bonds. The predicted octanol–water partition coefficient (Wildman–Crippen LogP) is 1.16. The number of hydrogen-bond donors (Lipinski definition) is 5. The Morgan fingerprint density at radius 1 is 1.36 bits per heavy atom. The van der Waals surface area contributed by atoms with E-state index in [0.717, 1.165) is 37.9 Å². The first-order chi connectivity index (χ1) is 10.1. The van der Waals surface area contributed by atoms with Crippen LogP contribution in [0.15, 0.2) is 24.0 Å². The fraction of sp³-hybridized carbons (Fsp3) is 0.765. The van der Waals surface area contributed by atoms with E-state index in [1.807, 2.05) is 6.20 Å². The zero-order valence-electron chi connectivity index (χ0n) is 14.2. The number of allylic oxidation sites excluding steroid dienone is 1. The van der Waals surface area contributed by atoms with Crippen LogP contribution >= 0.6 is 0 Å². The van der Waals surface area contributed by atoms with Crippen molar-refractivity contribution in [3.05, 3.63) is 24.0 Å². The molecule has 3 atom stereocenters. The lowest BCUT2D eigenvalue weighted by molar-refractivity contribution is 0.0367. The lowest BCUT2D eigenvalue weighted by atomic mass is 9.77. The Balaban J connectivity index is 2.13. The van der Waals surface area contributed by atoms with Gasteiger partial charge in [0.1, 0.15) is 0 Å². The molecular weight excluding hydrogens is 276 g/mol. The molecule has 0 aromatic carbocycles. The molecule has 0 spiro atoms. The topological polar surface area (TPSA) is 96.3 Å². The van der Waals surface area contributed by atoms with Crippen molar-refractivity contribution < 1.29 is 5.11 Å². The van der Waals surface area contributed by atoms with E-state index in [2.05, 4.69) is 38.0 Å². The lowest BCUT2D eigenvalue weighted by Crippen LogP contribution is -2.61. The molecule has 3 unspecified atom stereocenters. The van der Waals surface area contributed by atoms with Crippen LogP contribution in [0.1, 0.15) is 46.5 Å². The molecule has 22 heavy (non-hydrogen) atoms. The van der Waals surface area contributed by atoms with Crippen molar-refractivity contribution in [1.29, 1.82) is 0 Å². The Hall–Kier alpha value is -1.04. The summed E-state index contributed by atoms with van der Waals surface area (Å²) in [7, 11) is 0. The van der Waals surface area contributed by atoms with Gasteiger partial charge < -0.3 is 21.5 Å². The van der Waals surface area contributed by atoms with Gasteiger partial charge in [-0.1, -0.05) is 27.4 Å². The van der Waals surface area contributed by atoms with Gasteiger partial charge in [-0.25, -0.2) is 0 Å². The SMILES string of the molecule is C=C(C(N/C=C(\N)C1CC1)C(C)(C)C)C(N)(O)C1CCCN1. The van der Waals surface area contributed by atoms with Gasteiger partial charge in [0.15, 0.2) is 5.72 Å². The number of nitrogens with one attached hydrogen (secondary N) is 2. The van der Waals surface area contributed by atoms with Crippen LogP contribution in [0, 0.1) is 11.3 Å². The molecule has 0 radical (unpaired) electrons. The van der Waals surface area contributed by atoms with Gasteiger partial charge in [0.2, 0.25) is 0 Å². The Bertz CT molecular complexity index is 440. The van der Waals surface area contributed by atoms with Gasteiger partial charge in [-0.2, -0.15) is 0 Å². The molecule has 1 saturated carbocycles. The summed E-state index contributed by atoms with van der Waals surface area (Å²) >= 11 is 0. The lowest BCUT2D eigenvalue weighted by Gasteiger charge is -2.41. The second-order valence-corrected chi connectivity index (χ2v) is 7.88.